The van der Waals surface area contributed by atoms with E-state index in [1.807, 2.05) is 0 Å². The molecule has 0 aromatic heterocycles. The Morgan fingerprint density at radius 1 is 1.50 bits per heavy atom. The van der Waals surface area contributed by atoms with Crippen molar-refractivity contribution in [1.82, 2.24) is 10.6 Å². The van der Waals surface area contributed by atoms with Crippen LogP contribution in [0.4, 0.5) is 0 Å². The molecular formula is C8H14N2. The van der Waals surface area contributed by atoms with E-state index in [2.05, 4.69) is 17.7 Å². The maximum Gasteiger partial charge on any atom is 0.0295 e. The smallest absolute Gasteiger partial charge is 0.0295 e. The lowest BCUT2D eigenvalue weighted by atomic mass is 10.1. The first kappa shape index (κ1) is 6.38. The van der Waals surface area contributed by atoms with Crippen molar-refractivity contribution < 1.29 is 0 Å². The van der Waals surface area contributed by atoms with E-state index in [9.17, 15) is 0 Å². The van der Waals surface area contributed by atoms with Gasteiger partial charge < -0.3 is 10.6 Å². The van der Waals surface area contributed by atoms with Crippen molar-refractivity contribution in [1.29, 1.82) is 0 Å². The standard InChI is InChI=1S/C8H14N2/c1-9-8-3-2-6-4-10-5-7(6)8/h8-10H,2-5H2,1H3. The summed E-state index contributed by atoms with van der Waals surface area (Å²) in [5, 5.41) is 6.71. The molecule has 0 aromatic rings. The van der Waals surface area contributed by atoms with Gasteiger partial charge in [-0.05, 0) is 25.5 Å². The molecule has 0 spiro atoms. The van der Waals surface area contributed by atoms with E-state index in [1.54, 1.807) is 11.1 Å². The topological polar surface area (TPSA) is 24.1 Å². The Morgan fingerprint density at radius 2 is 2.40 bits per heavy atom. The lowest BCUT2D eigenvalue weighted by Crippen LogP contribution is -2.27. The van der Waals surface area contributed by atoms with E-state index in [1.165, 1.54) is 12.8 Å². The van der Waals surface area contributed by atoms with Crippen molar-refractivity contribution in [2.45, 2.75) is 18.9 Å². The Kier molecular flexibility index (Phi) is 1.51. The molecule has 0 saturated heterocycles. The highest BCUT2D eigenvalue weighted by molar-refractivity contribution is 5.31. The van der Waals surface area contributed by atoms with Crippen LogP contribution in [-0.2, 0) is 0 Å². The van der Waals surface area contributed by atoms with Crippen molar-refractivity contribution >= 4 is 0 Å². The van der Waals surface area contributed by atoms with Crippen molar-refractivity contribution in [3.05, 3.63) is 11.1 Å². The van der Waals surface area contributed by atoms with Crippen LogP contribution in [0.3, 0.4) is 0 Å². The van der Waals surface area contributed by atoms with Gasteiger partial charge in [0.2, 0.25) is 0 Å². The molecule has 10 heavy (non-hydrogen) atoms. The van der Waals surface area contributed by atoms with Gasteiger partial charge in [-0.15, -0.1) is 0 Å². The number of nitrogens with one attached hydrogen (secondary N) is 2. The summed E-state index contributed by atoms with van der Waals surface area (Å²) in [6.07, 6.45) is 2.64. The molecule has 0 amide bonds. The summed E-state index contributed by atoms with van der Waals surface area (Å²) in [5.41, 5.74) is 3.31. The molecular weight excluding hydrogens is 124 g/mol. The first-order valence-corrected chi connectivity index (χ1v) is 4.00. The molecule has 1 unspecified atom stereocenters. The number of hydrogen-bond donors (Lipinski definition) is 2. The van der Waals surface area contributed by atoms with Gasteiger partial charge in [0.15, 0.2) is 0 Å². The summed E-state index contributed by atoms with van der Waals surface area (Å²) < 4.78 is 0. The fourth-order valence-electron chi connectivity index (χ4n) is 2.02. The minimum Gasteiger partial charge on any atom is -0.313 e. The second-order valence-corrected chi connectivity index (χ2v) is 3.11. The summed E-state index contributed by atoms with van der Waals surface area (Å²) in [4.78, 5) is 0. The van der Waals surface area contributed by atoms with Crippen LogP contribution in [0.2, 0.25) is 0 Å². The predicted octanol–water partition coefficient (Wildman–Crippen LogP) is 0.268. The zero-order valence-electron chi connectivity index (χ0n) is 6.41. The van der Waals surface area contributed by atoms with Gasteiger partial charge >= 0.3 is 0 Å². The van der Waals surface area contributed by atoms with Gasteiger partial charge in [-0.2, -0.15) is 0 Å². The lowest BCUT2D eigenvalue weighted by molar-refractivity contribution is 0.600. The molecule has 2 heteroatoms. The largest absolute Gasteiger partial charge is 0.313 e. The van der Waals surface area contributed by atoms with Gasteiger partial charge in [0.05, 0.1) is 0 Å². The molecule has 2 N–H and O–H groups in total. The Hall–Kier alpha value is -0.340. The molecule has 1 heterocycles. The van der Waals surface area contributed by atoms with Crippen molar-refractivity contribution in [3.63, 3.8) is 0 Å². The summed E-state index contributed by atoms with van der Waals surface area (Å²) in [5.74, 6) is 0. The Balaban J connectivity index is 2.15. The fraction of sp³-hybridized carbons (Fsp3) is 0.750. The monoisotopic (exact) mass is 138 g/mol. The number of rotatable bonds is 1. The third-order valence-corrected chi connectivity index (χ3v) is 2.61. The number of hydrogen-bond acceptors (Lipinski definition) is 2. The van der Waals surface area contributed by atoms with E-state index in [-0.39, 0.29) is 0 Å². The minimum atomic E-state index is 0.685. The Morgan fingerprint density at radius 3 is 3.20 bits per heavy atom. The molecule has 0 radical (unpaired) electrons. The van der Waals surface area contributed by atoms with Crippen LogP contribution in [0.5, 0.6) is 0 Å². The molecule has 2 rings (SSSR count). The molecule has 0 aromatic carbocycles. The maximum absolute atomic E-state index is 3.37. The third-order valence-electron chi connectivity index (χ3n) is 2.61. The second kappa shape index (κ2) is 2.36. The summed E-state index contributed by atoms with van der Waals surface area (Å²) >= 11 is 0. The average Bonchev–Trinajstić information content (AvgIpc) is 2.44. The minimum absolute atomic E-state index is 0.685. The van der Waals surface area contributed by atoms with Gasteiger partial charge in [0.25, 0.3) is 0 Å². The second-order valence-electron chi connectivity index (χ2n) is 3.11. The SMILES string of the molecule is CNC1CCC2=C1CNC2. The van der Waals surface area contributed by atoms with Crippen molar-refractivity contribution in [2.24, 2.45) is 0 Å². The highest BCUT2D eigenvalue weighted by Gasteiger charge is 2.26. The molecule has 2 nitrogen and oxygen atoms in total. The van der Waals surface area contributed by atoms with Crippen LogP contribution < -0.4 is 10.6 Å². The molecule has 1 aliphatic carbocycles. The van der Waals surface area contributed by atoms with E-state index >= 15 is 0 Å². The molecule has 1 atom stereocenters. The zero-order chi connectivity index (χ0) is 6.97. The lowest BCUT2D eigenvalue weighted by Gasteiger charge is -2.11. The van der Waals surface area contributed by atoms with E-state index in [0.717, 1.165) is 13.1 Å². The van der Waals surface area contributed by atoms with Gasteiger partial charge in [-0.3, -0.25) is 0 Å². The van der Waals surface area contributed by atoms with Crippen LogP contribution in [-0.4, -0.2) is 26.2 Å². The maximum atomic E-state index is 3.37. The van der Waals surface area contributed by atoms with E-state index in [4.69, 9.17) is 0 Å². The fourth-order valence-corrected chi connectivity index (χ4v) is 2.02. The van der Waals surface area contributed by atoms with Gasteiger partial charge in [-0.25, -0.2) is 0 Å². The summed E-state index contributed by atoms with van der Waals surface area (Å²) in [6, 6.07) is 0.685. The van der Waals surface area contributed by atoms with Crippen LogP contribution in [0.25, 0.3) is 0 Å². The summed E-state index contributed by atoms with van der Waals surface area (Å²) in [6.45, 7) is 2.27. The summed E-state index contributed by atoms with van der Waals surface area (Å²) in [7, 11) is 2.05. The van der Waals surface area contributed by atoms with Crippen molar-refractivity contribution in [2.75, 3.05) is 20.1 Å². The third kappa shape index (κ3) is 0.796. The molecule has 1 aliphatic heterocycles. The van der Waals surface area contributed by atoms with Crippen LogP contribution in [0.15, 0.2) is 11.1 Å². The molecule has 0 fully saturated rings. The Bertz CT molecular complexity index is 172. The number of likely N-dealkylation sites (N-methyl/N-ethyl adjacent to an activating group) is 1. The molecule has 0 bridgehead atoms. The van der Waals surface area contributed by atoms with Crippen LogP contribution >= 0.6 is 0 Å². The highest BCUT2D eigenvalue weighted by atomic mass is 14.9. The average molecular weight is 138 g/mol. The van der Waals surface area contributed by atoms with E-state index in [0.29, 0.717) is 6.04 Å². The Labute approximate surface area is 61.7 Å². The van der Waals surface area contributed by atoms with Crippen molar-refractivity contribution in [3.8, 4) is 0 Å². The molecule has 2 aliphatic rings. The van der Waals surface area contributed by atoms with E-state index < -0.39 is 0 Å². The van der Waals surface area contributed by atoms with Crippen LogP contribution in [0, 0.1) is 0 Å². The quantitative estimate of drug-likeness (QED) is 0.508. The van der Waals surface area contributed by atoms with Gasteiger partial charge in [0.1, 0.15) is 0 Å². The first-order valence-electron chi connectivity index (χ1n) is 4.00. The highest BCUT2D eigenvalue weighted by Crippen LogP contribution is 2.28. The molecule has 0 saturated carbocycles. The first-order chi connectivity index (χ1) is 4.92. The predicted molar refractivity (Wildman–Crippen MR) is 42.0 cm³/mol. The molecule has 56 valence electrons. The van der Waals surface area contributed by atoms with Gasteiger partial charge in [-0.1, -0.05) is 5.57 Å². The zero-order valence-corrected chi connectivity index (χ0v) is 6.41. The van der Waals surface area contributed by atoms with Gasteiger partial charge in [0, 0.05) is 19.1 Å². The normalized spacial score (nSPS) is 31.5. The van der Waals surface area contributed by atoms with Crippen LogP contribution in [0.1, 0.15) is 12.8 Å².